The molecule has 3 aliphatic rings. The van der Waals surface area contributed by atoms with Crippen molar-refractivity contribution >= 4 is 0 Å². The molecule has 1 spiro atoms. The zero-order valence-corrected chi connectivity index (χ0v) is 22.9. The maximum Gasteiger partial charge on any atom is 0.224 e. The minimum atomic E-state index is -1.07. The van der Waals surface area contributed by atoms with Crippen molar-refractivity contribution in [3.63, 3.8) is 0 Å². The SMILES string of the molecule is CC1(C)OC[C@]2(OC[C@H]3O[C@@H](/C=C/COCc4ccccc4)O[C@H]3[C@@H]2OCc2ccc(-c3ccccc3)cc2)O1. The molecule has 5 atom stereocenters. The van der Waals surface area contributed by atoms with Crippen LogP contribution in [-0.2, 0) is 46.4 Å². The Labute approximate surface area is 235 Å². The van der Waals surface area contributed by atoms with E-state index in [1.165, 1.54) is 5.56 Å². The van der Waals surface area contributed by atoms with E-state index in [-0.39, 0.29) is 18.8 Å². The zero-order valence-electron chi connectivity index (χ0n) is 22.9. The van der Waals surface area contributed by atoms with Crippen LogP contribution in [0.15, 0.2) is 97.1 Å². The monoisotopic (exact) mass is 544 g/mol. The van der Waals surface area contributed by atoms with Gasteiger partial charge >= 0.3 is 0 Å². The van der Waals surface area contributed by atoms with Crippen molar-refractivity contribution in [2.24, 2.45) is 0 Å². The Morgan fingerprint density at radius 1 is 0.800 bits per heavy atom. The highest BCUT2D eigenvalue weighted by Crippen LogP contribution is 2.43. The summed E-state index contributed by atoms with van der Waals surface area (Å²) in [4.78, 5) is 0. The van der Waals surface area contributed by atoms with E-state index in [9.17, 15) is 0 Å². The number of hydrogen-bond donors (Lipinski definition) is 0. The van der Waals surface area contributed by atoms with E-state index < -0.39 is 24.0 Å². The number of fused-ring (bicyclic) bond motifs is 1. The first-order chi connectivity index (χ1) is 19.5. The Balaban J connectivity index is 1.10. The molecule has 6 rings (SSSR count). The largest absolute Gasteiger partial charge is 0.373 e. The maximum atomic E-state index is 6.52. The van der Waals surface area contributed by atoms with Crippen molar-refractivity contribution in [3.8, 4) is 11.1 Å². The fraction of sp³-hybridized carbons (Fsp3) is 0.394. The summed E-state index contributed by atoms with van der Waals surface area (Å²) in [6.45, 7) is 5.71. The van der Waals surface area contributed by atoms with E-state index in [0.717, 1.165) is 16.7 Å². The molecule has 3 aliphatic heterocycles. The van der Waals surface area contributed by atoms with Crippen LogP contribution in [0.2, 0.25) is 0 Å². The Morgan fingerprint density at radius 3 is 2.23 bits per heavy atom. The lowest BCUT2D eigenvalue weighted by molar-refractivity contribution is -0.335. The fourth-order valence-electron chi connectivity index (χ4n) is 5.35. The zero-order chi connectivity index (χ0) is 27.4. The lowest BCUT2D eigenvalue weighted by Crippen LogP contribution is -2.62. The smallest absolute Gasteiger partial charge is 0.224 e. The van der Waals surface area contributed by atoms with E-state index in [4.69, 9.17) is 33.2 Å². The summed E-state index contributed by atoms with van der Waals surface area (Å²) in [6, 6.07) is 28.8. The lowest BCUT2D eigenvalue weighted by Gasteiger charge is -2.43. The van der Waals surface area contributed by atoms with E-state index >= 15 is 0 Å². The Kier molecular flexibility index (Phi) is 8.14. The standard InChI is InChI=1S/C33H36O7/c1-32(2)37-23-33(40-32)31(35-21-25-15-17-27(18-16-25)26-12-7-4-8-13-26)30-28(22-36-33)38-29(39-30)14-9-19-34-20-24-10-5-3-6-11-24/h3-18,28-31H,19-23H2,1-2H3/b14-9+/t28-,29-,30-,31+,33+/m1/s1. The molecule has 3 fully saturated rings. The summed E-state index contributed by atoms with van der Waals surface area (Å²) >= 11 is 0. The normalized spacial score (nSPS) is 29.2. The summed E-state index contributed by atoms with van der Waals surface area (Å²) in [5, 5.41) is 0. The number of hydrogen-bond acceptors (Lipinski definition) is 7. The molecule has 7 nitrogen and oxygen atoms in total. The summed E-state index contributed by atoms with van der Waals surface area (Å²) in [7, 11) is 0. The van der Waals surface area contributed by atoms with Crippen molar-refractivity contribution < 1.29 is 33.2 Å². The molecule has 0 aromatic heterocycles. The van der Waals surface area contributed by atoms with Gasteiger partial charge < -0.3 is 33.2 Å². The van der Waals surface area contributed by atoms with Crippen molar-refractivity contribution in [2.45, 2.75) is 63.2 Å². The van der Waals surface area contributed by atoms with Gasteiger partial charge in [0.05, 0.1) is 26.4 Å². The van der Waals surface area contributed by atoms with Crippen LogP contribution in [0.25, 0.3) is 11.1 Å². The number of ether oxygens (including phenoxy) is 7. The minimum Gasteiger partial charge on any atom is -0.373 e. The minimum absolute atomic E-state index is 0.248. The topological polar surface area (TPSA) is 64.6 Å². The predicted octanol–water partition coefficient (Wildman–Crippen LogP) is 5.63. The van der Waals surface area contributed by atoms with Crippen molar-refractivity contribution in [2.75, 3.05) is 19.8 Å². The van der Waals surface area contributed by atoms with Crippen LogP contribution in [0.4, 0.5) is 0 Å². The quantitative estimate of drug-likeness (QED) is 0.256. The van der Waals surface area contributed by atoms with Crippen molar-refractivity contribution in [3.05, 3.63) is 108 Å². The Morgan fingerprint density at radius 2 is 1.50 bits per heavy atom. The first-order valence-electron chi connectivity index (χ1n) is 13.8. The van der Waals surface area contributed by atoms with Crippen LogP contribution in [0.3, 0.4) is 0 Å². The van der Waals surface area contributed by atoms with Crippen LogP contribution >= 0.6 is 0 Å². The molecule has 0 bridgehead atoms. The third-order valence-electron chi connectivity index (χ3n) is 7.34. The van der Waals surface area contributed by atoms with E-state index in [1.54, 1.807) is 0 Å². The van der Waals surface area contributed by atoms with Gasteiger partial charge in [0.15, 0.2) is 12.1 Å². The maximum absolute atomic E-state index is 6.52. The first-order valence-corrected chi connectivity index (χ1v) is 13.8. The Hall–Kier alpha value is -2.88. The lowest BCUT2D eigenvalue weighted by atomic mass is 9.97. The number of benzene rings is 3. The van der Waals surface area contributed by atoms with Gasteiger partial charge in [0.2, 0.25) is 5.79 Å². The Bertz CT molecular complexity index is 1260. The van der Waals surface area contributed by atoms with Gasteiger partial charge in [-0.3, -0.25) is 0 Å². The van der Waals surface area contributed by atoms with Gasteiger partial charge in [-0.1, -0.05) is 91.0 Å². The van der Waals surface area contributed by atoms with E-state index in [1.807, 2.05) is 74.5 Å². The molecule has 0 saturated carbocycles. The molecule has 3 heterocycles. The van der Waals surface area contributed by atoms with Gasteiger partial charge in [-0.15, -0.1) is 0 Å². The number of rotatable bonds is 9. The second kappa shape index (κ2) is 11.9. The summed E-state index contributed by atoms with van der Waals surface area (Å²) in [5.41, 5.74) is 4.51. The van der Waals surface area contributed by atoms with Gasteiger partial charge in [0.25, 0.3) is 0 Å². The third kappa shape index (κ3) is 6.21. The van der Waals surface area contributed by atoms with E-state index in [2.05, 4.69) is 36.4 Å². The molecule has 0 amide bonds. The molecule has 3 aromatic carbocycles. The average molecular weight is 545 g/mol. The van der Waals surface area contributed by atoms with Gasteiger partial charge in [0, 0.05) is 0 Å². The van der Waals surface area contributed by atoms with Crippen LogP contribution in [0.1, 0.15) is 25.0 Å². The van der Waals surface area contributed by atoms with Crippen LogP contribution in [-0.4, -0.2) is 56.0 Å². The highest BCUT2D eigenvalue weighted by atomic mass is 16.9. The van der Waals surface area contributed by atoms with Gasteiger partial charge in [-0.25, -0.2) is 0 Å². The molecule has 3 aromatic rings. The highest BCUT2D eigenvalue weighted by molar-refractivity contribution is 5.63. The molecule has 3 saturated heterocycles. The molecule has 0 radical (unpaired) electrons. The van der Waals surface area contributed by atoms with Crippen LogP contribution < -0.4 is 0 Å². The van der Waals surface area contributed by atoms with Crippen molar-refractivity contribution in [1.29, 1.82) is 0 Å². The molecular formula is C33H36O7. The summed E-state index contributed by atoms with van der Waals surface area (Å²) < 4.78 is 43.3. The first kappa shape index (κ1) is 27.3. The van der Waals surface area contributed by atoms with Crippen LogP contribution in [0.5, 0.6) is 0 Å². The molecule has 0 N–H and O–H groups in total. The molecule has 0 aliphatic carbocycles. The van der Waals surface area contributed by atoms with Gasteiger partial charge in [-0.05, 0) is 42.2 Å². The van der Waals surface area contributed by atoms with Gasteiger partial charge in [0.1, 0.15) is 24.9 Å². The molecular weight excluding hydrogens is 508 g/mol. The summed E-state index contributed by atoms with van der Waals surface area (Å²) in [6.07, 6.45) is 2.06. The molecule has 0 unspecified atom stereocenters. The summed E-state index contributed by atoms with van der Waals surface area (Å²) in [5.74, 6) is -1.87. The molecule has 40 heavy (non-hydrogen) atoms. The van der Waals surface area contributed by atoms with Gasteiger partial charge in [-0.2, -0.15) is 0 Å². The second-order valence-corrected chi connectivity index (χ2v) is 10.8. The fourth-order valence-corrected chi connectivity index (χ4v) is 5.35. The average Bonchev–Trinajstić information content (AvgIpc) is 3.53. The van der Waals surface area contributed by atoms with E-state index in [0.29, 0.717) is 26.4 Å². The molecule has 7 heteroatoms. The van der Waals surface area contributed by atoms with Crippen LogP contribution in [0, 0.1) is 0 Å². The highest BCUT2D eigenvalue weighted by Gasteiger charge is 2.62. The predicted molar refractivity (Wildman–Crippen MR) is 149 cm³/mol. The molecule has 210 valence electrons. The third-order valence-corrected chi connectivity index (χ3v) is 7.34. The second-order valence-electron chi connectivity index (χ2n) is 10.8. The van der Waals surface area contributed by atoms with Crippen molar-refractivity contribution in [1.82, 2.24) is 0 Å².